The van der Waals surface area contributed by atoms with Crippen LogP contribution in [-0.2, 0) is 4.79 Å². The highest BCUT2D eigenvalue weighted by Gasteiger charge is 2.01. The zero-order chi connectivity index (χ0) is 10.4. The molecule has 1 rings (SSSR count). The molecule has 1 aromatic rings. The summed E-state index contributed by atoms with van der Waals surface area (Å²) >= 11 is 0. The number of carbonyl (C=O) groups is 1. The molecule has 0 spiro atoms. The SMILES string of the molecule is CC(=O)CCCN(C)c1ccccn1. The first-order valence-corrected chi connectivity index (χ1v) is 4.82. The Morgan fingerprint density at radius 2 is 2.29 bits per heavy atom. The Morgan fingerprint density at radius 3 is 2.86 bits per heavy atom. The maximum absolute atomic E-state index is 10.7. The van der Waals surface area contributed by atoms with Gasteiger partial charge in [-0.1, -0.05) is 6.07 Å². The predicted molar refractivity (Wildman–Crippen MR) is 57.4 cm³/mol. The lowest BCUT2D eigenvalue weighted by Gasteiger charge is -2.17. The van der Waals surface area contributed by atoms with Crippen LogP contribution in [0.1, 0.15) is 19.8 Å². The van der Waals surface area contributed by atoms with E-state index >= 15 is 0 Å². The summed E-state index contributed by atoms with van der Waals surface area (Å²) in [5, 5.41) is 0. The van der Waals surface area contributed by atoms with Gasteiger partial charge in [0, 0.05) is 26.2 Å². The molecule has 1 aromatic heterocycles. The van der Waals surface area contributed by atoms with Crippen LogP contribution in [0.25, 0.3) is 0 Å². The maximum atomic E-state index is 10.7. The Kier molecular flexibility index (Phi) is 4.11. The van der Waals surface area contributed by atoms with Crippen LogP contribution in [0.4, 0.5) is 5.82 Å². The van der Waals surface area contributed by atoms with Gasteiger partial charge in [-0.05, 0) is 25.5 Å². The molecular formula is C11H16N2O. The van der Waals surface area contributed by atoms with Crippen molar-refractivity contribution in [2.24, 2.45) is 0 Å². The highest BCUT2D eigenvalue weighted by molar-refractivity contribution is 5.75. The number of hydrogen-bond donors (Lipinski definition) is 0. The largest absolute Gasteiger partial charge is 0.360 e. The highest BCUT2D eigenvalue weighted by Crippen LogP contribution is 2.07. The summed E-state index contributed by atoms with van der Waals surface area (Å²) in [5.41, 5.74) is 0. The third-order valence-electron chi connectivity index (χ3n) is 2.06. The first-order valence-electron chi connectivity index (χ1n) is 4.82. The number of nitrogens with zero attached hydrogens (tertiary/aromatic N) is 2. The van der Waals surface area contributed by atoms with Crippen molar-refractivity contribution in [3.63, 3.8) is 0 Å². The van der Waals surface area contributed by atoms with Crippen LogP contribution < -0.4 is 4.90 Å². The standard InChI is InChI=1S/C11H16N2O/c1-10(14)6-5-9-13(2)11-7-3-4-8-12-11/h3-4,7-8H,5-6,9H2,1-2H3. The first-order chi connectivity index (χ1) is 6.70. The van der Waals surface area contributed by atoms with Crippen molar-refractivity contribution in [2.45, 2.75) is 19.8 Å². The highest BCUT2D eigenvalue weighted by atomic mass is 16.1. The Balaban J connectivity index is 2.36. The quantitative estimate of drug-likeness (QED) is 0.714. The molecule has 0 N–H and O–H groups in total. The summed E-state index contributed by atoms with van der Waals surface area (Å²) in [6.45, 7) is 2.50. The first kappa shape index (κ1) is 10.7. The third-order valence-corrected chi connectivity index (χ3v) is 2.06. The van der Waals surface area contributed by atoms with E-state index in [0.29, 0.717) is 6.42 Å². The van der Waals surface area contributed by atoms with Crippen LogP contribution in [-0.4, -0.2) is 24.4 Å². The molecule has 1 heterocycles. The Hall–Kier alpha value is -1.38. The van der Waals surface area contributed by atoms with Gasteiger partial charge >= 0.3 is 0 Å². The third kappa shape index (κ3) is 3.56. The lowest BCUT2D eigenvalue weighted by molar-refractivity contribution is -0.117. The summed E-state index contributed by atoms with van der Waals surface area (Å²) < 4.78 is 0. The molecule has 14 heavy (non-hydrogen) atoms. The molecule has 0 fully saturated rings. The fraction of sp³-hybridized carbons (Fsp3) is 0.455. The minimum absolute atomic E-state index is 0.249. The smallest absolute Gasteiger partial charge is 0.129 e. The molecule has 3 nitrogen and oxygen atoms in total. The van der Waals surface area contributed by atoms with Gasteiger partial charge in [0.2, 0.25) is 0 Å². The van der Waals surface area contributed by atoms with E-state index in [-0.39, 0.29) is 5.78 Å². The fourth-order valence-corrected chi connectivity index (χ4v) is 1.26. The molecule has 76 valence electrons. The van der Waals surface area contributed by atoms with E-state index in [1.165, 1.54) is 0 Å². The predicted octanol–water partition coefficient (Wildman–Crippen LogP) is 1.89. The average Bonchev–Trinajstić information content (AvgIpc) is 2.18. The van der Waals surface area contributed by atoms with Gasteiger partial charge in [0.15, 0.2) is 0 Å². The Bertz CT molecular complexity index is 285. The van der Waals surface area contributed by atoms with Gasteiger partial charge in [0.05, 0.1) is 0 Å². The molecule has 0 bridgehead atoms. The number of aromatic nitrogens is 1. The van der Waals surface area contributed by atoms with Crippen LogP contribution in [0.3, 0.4) is 0 Å². The topological polar surface area (TPSA) is 33.2 Å². The summed E-state index contributed by atoms with van der Waals surface area (Å²) in [4.78, 5) is 17.0. The van der Waals surface area contributed by atoms with Crippen molar-refractivity contribution in [3.05, 3.63) is 24.4 Å². The van der Waals surface area contributed by atoms with Gasteiger partial charge in [-0.25, -0.2) is 4.98 Å². The summed E-state index contributed by atoms with van der Waals surface area (Å²) in [6, 6.07) is 5.82. The van der Waals surface area contributed by atoms with Gasteiger partial charge in [0.25, 0.3) is 0 Å². The van der Waals surface area contributed by atoms with Crippen molar-refractivity contribution in [1.82, 2.24) is 4.98 Å². The van der Waals surface area contributed by atoms with Crippen molar-refractivity contribution in [1.29, 1.82) is 0 Å². The van der Waals surface area contributed by atoms with E-state index in [4.69, 9.17) is 0 Å². The second kappa shape index (κ2) is 5.37. The van der Waals surface area contributed by atoms with E-state index in [9.17, 15) is 4.79 Å². The normalized spacial score (nSPS) is 9.86. The number of hydrogen-bond acceptors (Lipinski definition) is 3. The van der Waals surface area contributed by atoms with Gasteiger partial charge < -0.3 is 9.69 Å². The molecule has 0 atom stereocenters. The number of Topliss-reactive ketones (excluding diaryl/α,β-unsaturated/α-hetero) is 1. The molecule has 0 aliphatic heterocycles. The molecule has 0 saturated heterocycles. The average molecular weight is 192 g/mol. The molecule has 0 aliphatic carbocycles. The molecule has 0 aromatic carbocycles. The second-order valence-corrected chi connectivity index (χ2v) is 3.42. The molecule has 0 amide bonds. The summed E-state index contributed by atoms with van der Waals surface area (Å²) in [7, 11) is 1.99. The van der Waals surface area contributed by atoms with Crippen LogP contribution in [0, 0.1) is 0 Å². The monoisotopic (exact) mass is 192 g/mol. The summed E-state index contributed by atoms with van der Waals surface area (Å²) in [5.74, 6) is 1.20. The van der Waals surface area contributed by atoms with Crippen molar-refractivity contribution in [2.75, 3.05) is 18.5 Å². The molecule has 0 radical (unpaired) electrons. The van der Waals surface area contributed by atoms with Crippen LogP contribution in [0.5, 0.6) is 0 Å². The molecule has 0 aliphatic rings. The molecule has 0 unspecified atom stereocenters. The van der Waals surface area contributed by atoms with Gasteiger partial charge in [-0.3, -0.25) is 0 Å². The lowest BCUT2D eigenvalue weighted by Crippen LogP contribution is -2.19. The zero-order valence-electron chi connectivity index (χ0n) is 8.73. The number of carbonyl (C=O) groups excluding carboxylic acids is 1. The number of pyridine rings is 1. The zero-order valence-corrected chi connectivity index (χ0v) is 8.73. The lowest BCUT2D eigenvalue weighted by atomic mass is 10.2. The van der Waals surface area contributed by atoms with E-state index < -0.39 is 0 Å². The van der Waals surface area contributed by atoms with E-state index in [1.807, 2.05) is 25.2 Å². The number of anilines is 1. The number of rotatable bonds is 5. The van der Waals surface area contributed by atoms with E-state index in [2.05, 4.69) is 9.88 Å². The minimum Gasteiger partial charge on any atom is -0.360 e. The van der Waals surface area contributed by atoms with E-state index in [0.717, 1.165) is 18.8 Å². The van der Waals surface area contributed by atoms with Gasteiger partial charge in [0.1, 0.15) is 11.6 Å². The fourth-order valence-electron chi connectivity index (χ4n) is 1.26. The minimum atomic E-state index is 0.249. The van der Waals surface area contributed by atoms with Gasteiger partial charge in [-0.15, -0.1) is 0 Å². The van der Waals surface area contributed by atoms with Crippen molar-refractivity contribution < 1.29 is 4.79 Å². The second-order valence-electron chi connectivity index (χ2n) is 3.42. The van der Waals surface area contributed by atoms with Gasteiger partial charge in [-0.2, -0.15) is 0 Å². The van der Waals surface area contributed by atoms with Crippen molar-refractivity contribution >= 4 is 11.6 Å². The Morgan fingerprint density at radius 1 is 1.50 bits per heavy atom. The van der Waals surface area contributed by atoms with Crippen molar-refractivity contribution in [3.8, 4) is 0 Å². The molecular weight excluding hydrogens is 176 g/mol. The summed E-state index contributed by atoms with van der Waals surface area (Å²) in [6.07, 6.45) is 3.32. The van der Waals surface area contributed by atoms with Crippen LogP contribution in [0.2, 0.25) is 0 Å². The number of ketones is 1. The Labute approximate surface area is 84.8 Å². The molecule has 0 saturated carbocycles. The van der Waals surface area contributed by atoms with E-state index in [1.54, 1.807) is 13.1 Å². The van der Waals surface area contributed by atoms with Crippen LogP contribution in [0.15, 0.2) is 24.4 Å². The molecule has 3 heteroatoms. The maximum Gasteiger partial charge on any atom is 0.129 e. The van der Waals surface area contributed by atoms with Crippen LogP contribution >= 0.6 is 0 Å².